The van der Waals surface area contributed by atoms with Gasteiger partial charge >= 0.3 is 20.8 Å². The van der Waals surface area contributed by atoms with Gasteiger partial charge in [-0.1, -0.05) is 0 Å². The number of hydrogen-bond donors (Lipinski definition) is 2. The van der Waals surface area contributed by atoms with Crippen LogP contribution in [0.25, 0.3) is 21.1 Å². The molecule has 38 heavy (non-hydrogen) atoms. The maximum Gasteiger partial charge on any atom is 0.397 e. The van der Waals surface area contributed by atoms with Crippen LogP contribution >= 0.6 is 0 Å². The van der Waals surface area contributed by atoms with Crippen LogP contribution in [0.1, 0.15) is 0 Å². The number of hydrogen-bond acceptors (Lipinski definition) is 12. The molecule has 0 saturated heterocycles. The third-order valence-corrected chi connectivity index (χ3v) is 5.22. The first-order valence-electron chi connectivity index (χ1n) is 9.85. The summed E-state index contributed by atoms with van der Waals surface area (Å²) in [4.78, 5) is 6.21. The van der Waals surface area contributed by atoms with Crippen LogP contribution in [-0.2, 0) is 38.6 Å². The van der Waals surface area contributed by atoms with Crippen molar-refractivity contribution >= 4 is 32.2 Å². The highest BCUT2D eigenvalue weighted by molar-refractivity contribution is 7.81. The van der Waals surface area contributed by atoms with Crippen LogP contribution in [0.4, 0.5) is 0 Å². The van der Waals surface area contributed by atoms with Gasteiger partial charge in [0.2, 0.25) is 0 Å². The van der Waals surface area contributed by atoms with Gasteiger partial charge in [-0.05, 0) is 12.1 Å². The van der Waals surface area contributed by atoms with Gasteiger partial charge in [0.15, 0.2) is 0 Å². The third kappa shape index (κ3) is 10.7. The molecule has 1 aromatic carbocycles. The van der Waals surface area contributed by atoms with Gasteiger partial charge in [0.25, 0.3) is 11.4 Å². The molecule has 1 rings (SSSR count). The zero-order valence-corrected chi connectivity index (χ0v) is 21.4. The summed E-state index contributed by atoms with van der Waals surface area (Å²) in [6.45, 7) is 12.4. The van der Waals surface area contributed by atoms with Crippen LogP contribution < -0.4 is 19.9 Å². The van der Waals surface area contributed by atoms with E-state index in [9.17, 15) is 27.4 Å². The van der Waals surface area contributed by atoms with E-state index in [1.165, 1.54) is 14.2 Å². The van der Waals surface area contributed by atoms with Gasteiger partial charge in [0.05, 0.1) is 38.5 Å². The Bertz CT molecular complexity index is 1370. The van der Waals surface area contributed by atoms with Crippen LogP contribution in [0.3, 0.4) is 0 Å². The summed E-state index contributed by atoms with van der Waals surface area (Å²) in [5, 5.41) is 18.5. The van der Waals surface area contributed by atoms with E-state index in [2.05, 4.69) is 18.1 Å². The molecular weight excluding hydrogens is 552 g/mol. The average molecular weight is 573 g/mol. The molecule has 2 N–H and O–H groups in total. The summed E-state index contributed by atoms with van der Waals surface area (Å²) in [7, 11) is -7.18. The molecule has 0 fully saturated rings. The first-order valence-corrected chi connectivity index (χ1v) is 12.6. The van der Waals surface area contributed by atoms with Crippen LogP contribution in [-0.4, -0.2) is 78.8 Å². The predicted molar refractivity (Wildman–Crippen MR) is 125 cm³/mol. The lowest BCUT2D eigenvalue weighted by molar-refractivity contribution is 0.0211. The Kier molecular flexibility index (Phi) is 12.5. The SMILES string of the molecule is [C-]#[N+]/C(C#N)=c1/cc(OCC(COS(=O)(=O)O)OC)/c(=C(\C#N)[N+]#[C-])cc1OCC(COS(=O)(=O)O)OC. The average Bonchev–Trinajstić information content (AvgIpc) is 2.85. The summed E-state index contributed by atoms with van der Waals surface area (Å²) in [6, 6.07) is 5.56. The van der Waals surface area contributed by atoms with Crippen molar-refractivity contribution < 1.29 is 53.3 Å². The topological polar surface area (TPSA) is 220 Å². The smallest absolute Gasteiger partial charge is 0.397 e. The summed E-state index contributed by atoms with van der Waals surface area (Å²) >= 11 is 0. The lowest BCUT2D eigenvalue weighted by atomic mass is 10.1. The van der Waals surface area contributed by atoms with E-state index in [1.807, 2.05) is 0 Å². The Labute approximate surface area is 218 Å². The molecule has 0 aliphatic carbocycles. The molecule has 204 valence electrons. The number of methoxy groups -OCH3 is 2. The van der Waals surface area contributed by atoms with Crippen molar-refractivity contribution in [1.82, 2.24) is 0 Å². The largest absolute Gasteiger partial charge is 0.492 e. The monoisotopic (exact) mass is 572 g/mol. The van der Waals surface area contributed by atoms with E-state index >= 15 is 0 Å². The zero-order chi connectivity index (χ0) is 28.9. The molecule has 0 aliphatic rings. The van der Waals surface area contributed by atoms with E-state index in [4.69, 9.17) is 41.2 Å². The highest BCUT2D eigenvalue weighted by atomic mass is 32.3. The Balaban J connectivity index is 3.58. The fourth-order valence-electron chi connectivity index (χ4n) is 2.52. The molecule has 0 amide bonds. The van der Waals surface area contributed by atoms with Crippen molar-refractivity contribution in [3.05, 3.63) is 45.4 Å². The molecule has 2 unspecified atom stereocenters. The van der Waals surface area contributed by atoms with Crippen LogP contribution in [0.2, 0.25) is 0 Å². The van der Waals surface area contributed by atoms with Gasteiger partial charge in [0.1, 0.15) is 36.9 Å². The minimum Gasteiger partial charge on any atom is -0.492 e. The van der Waals surface area contributed by atoms with E-state index in [0.717, 1.165) is 12.1 Å². The molecule has 0 radical (unpaired) electrons. The number of ether oxygens (including phenoxy) is 4. The minimum absolute atomic E-state index is 0.141. The number of rotatable bonds is 14. The van der Waals surface area contributed by atoms with E-state index in [-0.39, 0.29) is 21.9 Å². The lowest BCUT2D eigenvalue weighted by Crippen LogP contribution is -2.30. The standard InChI is InChI=1S/C20H20N4O12S2/c1-23-17(7-21)15-5-20(34-10-14(32-4)12-36-38(28,29)30)16(18(8-22)24-2)6-19(15)33-9-13(31-3)11-35-37(25,26)27/h5-6,13-14H,9-12H2,3-4H3,(H,25,26,27)(H,28,29,30)/b17-15-,18-16+. The number of benzene rings is 1. The lowest BCUT2D eigenvalue weighted by Gasteiger charge is -2.18. The van der Waals surface area contributed by atoms with Crippen LogP contribution in [0.5, 0.6) is 11.5 Å². The summed E-state index contributed by atoms with van der Waals surface area (Å²) in [5.41, 5.74) is -0.974. The molecule has 0 aliphatic heterocycles. The quantitative estimate of drug-likeness (QED) is 0.206. The molecule has 0 heterocycles. The Hall–Kier alpha value is -3.82. The minimum atomic E-state index is -4.78. The molecule has 16 nitrogen and oxygen atoms in total. The molecule has 0 bridgehead atoms. The molecule has 0 saturated carbocycles. The Morgan fingerprint density at radius 1 is 0.816 bits per heavy atom. The maximum absolute atomic E-state index is 10.8. The fraction of sp³-hybridized carbons (Fsp3) is 0.400. The third-order valence-electron chi connectivity index (χ3n) is 4.35. The molecular formula is C20H20N4O12S2. The highest BCUT2D eigenvalue weighted by Gasteiger charge is 2.18. The molecule has 2 atom stereocenters. The van der Waals surface area contributed by atoms with Gasteiger partial charge in [-0.15, -0.1) is 0 Å². The Morgan fingerprint density at radius 3 is 1.39 bits per heavy atom. The van der Waals surface area contributed by atoms with Crippen LogP contribution in [0.15, 0.2) is 12.1 Å². The van der Waals surface area contributed by atoms with Gasteiger partial charge in [-0.2, -0.15) is 16.8 Å². The van der Waals surface area contributed by atoms with Crippen molar-refractivity contribution in [3.63, 3.8) is 0 Å². The van der Waals surface area contributed by atoms with E-state index < -0.39 is 70.8 Å². The Morgan fingerprint density at radius 2 is 1.16 bits per heavy atom. The summed E-state index contributed by atoms with van der Waals surface area (Å²) in [6.07, 6.45) is -2.12. The first kappa shape index (κ1) is 32.2. The molecule has 18 heteroatoms. The predicted octanol–water partition coefficient (Wildman–Crippen LogP) is -0.785. The normalized spacial score (nSPS) is 14.5. The molecule has 0 spiro atoms. The van der Waals surface area contributed by atoms with Gasteiger partial charge in [-0.25, -0.2) is 28.6 Å². The van der Waals surface area contributed by atoms with Crippen molar-refractivity contribution in [2.45, 2.75) is 12.2 Å². The highest BCUT2D eigenvalue weighted by Crippen LogP contribution is 2.14. The second-order valence-electron chi connectivity index (χ2n) is 6.75. The zero-order valence-electron chi connectivity index (χ0n) is 19.7. The summed E-state index contributed by atoms with van der Waals surface area (Å²) < 4.78 is 90.4. The second kappa shape index (κ2) is 14.8. The van der Waals surface area contributed by atoms with E-state index in [0.29, 0.717) is 0 Å². The van der Waals surface area contributed by atoms with Gasteiger partial charge in [0, 0.05) is 24.7 Å². The van der Waals surface area contributed by atoms with Crippen molar-refractivity contribution in [2.24, 2.45) is 0 Å². The summed E-state index contributed by atoms with van der Waals surface area (Å²) in [5.74, 6) is -0.383. The molecule has 1 aromatic rings. The van der Waals surface area contributed by atoms with Crippen molar-refractivity contribution in [3.8, 4) is 23.6 Å². The van der Waals surface area contributed by atoms with Crippen LogP contribution in [0, 0.1) is 35.8 Å². The number of nitrogens with zero attached hydrogens (tertiary/aromatic N) is 4. The number of nitriles is 2. The van der Waals surface area contributed by atoms with Crippen molar-refractivity contribution in [2.75, 3.05) is 40.6 Å². The van der Waals surface area contributed by atoms with Gasteiger partial charge < -0.3 is 18.9 Å². The first-order chi connectivity index (χ1) is 17.8. The van der Waals surface area contributed by atoms with Crippen molar-refractivity contribution in [1.29, 1.82) is 10.5 Å². The maximum atomic E-state index is 10.8. The van der Waals surface area contributed by atoms with Gasteiger partial charge in [-0.3, -0.25) is 9.11 Å². The van der Waals surface area contributed by atoms with E-state index in [1.54, 1.807) is 12.1 Å². The fourth-order valence-corrected chi connectivity index (χ4v) is 3.16. The molecule has 0 aromatic heterocycles. The second-order valence-corrected chi connectivity index (χ2v) is 8.93.